The molecule has 0 atom stereocenters. The van der Waals surface area contributed by atoms with E-state index in [9.17, 15) is 9.90 Å². The number of carbonyl (C=O) groups excluding carboxylic acids is 1. The number of amides is 1. The standard InChI is InChI=1S/C16H17NO2/c1-12-11-15(18)8-7-13(12)9-10-17-16(19)14-5-3-2-4-6-14/h2-8,11,18H,9-10H2,1H3,(H,17,19). The summed E-state index contributed by atoms with van der Waals surface area (Å²) in [6, 6.07) is 14.5. The van der Waals surface area contributed by atoms with Gasteiger partial charge < -0.3 is 10.4 Å². The van der Waals surface area contributed by atoms with Crippen LogP contribution in [0.5, 0.6) is 5.75 Å². The molecule has 19 heavy (non-hydrogen) atoms. The molecule has 0 aromatic heterocycles. The van der Waals surface area contributed by atoms with Crippen LogP contribution in [0.4, 0.5) is 0 Å². The van der Waals surface area contributed by atoms with Gasteiger partial charge in [-0.15, -0.1) is 0 Å². The Morgan fingerprint density at radius 2 is 1.89 bits per heavy atom. The van der Waals surface area contributed by atoms with Crippen molar-refractivity contribution in [2.75, 3.05) is 6.54 Å². The molecule has 0 unspecified atom stereocenters. The number of phenols is 1. The summed E-state index contributed by atoms with van der Waals surface area (Å²) in [6.07, 6.45) is 0.755. The number of carbonyl (C=O) groups is 1. The molecule has 1 amide bonds. The van der Waals surface area contributed by atoms with Crippen LogP contribution >= 0.6 is 0 Å². The van der Waals surface area contributed by atoms with Crippen molar-refractivity contribution in [3.05, 3.63) is 65.2 Å². The van der Waals surface area contributed by atoms with Gasteiger partial charge in [-0.2, -0.15) is 0 Å². The van der Waals surface area contributed by atoms with E-state index in [4.69, 9.17) is 0 Å². The van der Waals surface area contributed by atoms with E-state index >= 15 is 0 Å². The highest BCUT2D eigenvalue weighted by Gasteiger charge is 2.04. The van der Waals surface area contributed by atoms with Crippen LogP contribution in [0, 0.1) is 6.92 Å². The normalized spacial score (nSPS) is 10.2. The molecule has 0 radical (unpaired) electrons. The van der Waals surface area contributed by atoms with Crippen LogP contribution in [-0.2, 0) is 6.42 Å². The molecule has 0 fully saturated rings. The maximum Gasteiger partial charge on any atom is 0.251 e. The quantitative estimate of drug-likeness (QED) is 0.882. The monoisotopic (exact) mass is 255 g/mol. The minimum atomic E-state index is -0.0583. The molecule has 0 aliphatic heterocycles. The number of aryl methyl sites for hydroxylation is 1. The zero-order valence-corrected chi connectivity index (χ0v) is 10.9. The summed E-state index contributed by atoms with van der Waals surface area (Å²) in [5.74, 6) is 0.214. The van der Waals surface area contributed by atoms with Crippen molar-refractivity contribution < 1.29 is 9.90 Å². The average Bonchev–Trinajstić information content (AvgIpc) is 2.42. The van der Waals surface area contributed by atoms with E-state index < -0.39 is 0 Å². The van der Waals surface area contributed by atoms with Crippen LogP contribution in [0.2, 0.25) is 0 Å². The summed E-state index contributed by atoms with van der Waals surface area (Å²) in [4.78, 5) is 11.8. The highest BCUT2D eigenvalue weighted by Crippen LogP contribution is 2.15. The lowest BCUT2D eigenvalue weighted by Gasteiger charge is -2.08. The Hall–Kier alpha value is -2.29. The molecule has 2 N–H and O–H groups in total. The fourth-order valence-electron chi connectivity index (χ4n) is 1.96. The maximum absolute atomic E-state index is 11.8. The predicted octanol–water partition coefficient (Wildman–Crippen LogP) is 2.67. The first-order valence-corrected chi connectivity index (χ1v) is 6.28. The third kappa shape index (κ3) is 3.58. The van der Waals surface area contributed by atoms with Gasteiger partial charge in [-0.05, 0) is 48.7 Å². The highest BCUT2D eigenvalue weighted by atomic mass is 16.3. The average molecular weight is 255 g/mol. The molecule has 2 aromatic carbocycles. The van der Waals surface area contributed by atoms with Crippen LogP contribution in [0.25, 0.3) is 0 Å². The van der Waals surface area contributed by atoms with Gasteiger partial charge in [0.15, 0.2) is 0 Å². The van der Waals surface area contributed by atoms with E-state index in [1.54, 1.807) is 24.3 Å². The van der Waals surface area contributed by atoms with Crippen LogP contribution in [0.1, 0.15) is 21.5 Å². The largest absolute Gasteiger partial charge is 0.508 e. The Morgan fingerprint density at radius 3 is 2.58 bits per heavy atom. The summed E-state index contributed by atoms with van der Waals surface area (Å²) in [5, 5.41) is 12.2. The molecule has 3 nitrogen and oxygen atoms in total. The van der Waals surface area contributed by atoms with Gasteiger partial charge >= 0.3 is 0 Å². The van der Waals surface area contributed by atoms with Crippen molar-refractivity contribution in [2.45, 2.75) is 13.3 Å². The molecule has 0 saturated carbocycles. The number of benzene rings is 2. The third-order valence-electron chi connectivity index (χ3n) is 3.04. The van der Waals surface area contributed by atoms with Crippen LogP contribution in [-0.4, -0.2) is 17.6 Å². The Labute approximate surface area is 112 Å². The lowest BCUT2D eigenvalue weighted by atomic mass is 10.1. The summed E-state index contributed by atoms with van der Waals surface area (Å²) < 4.78 is 0. The second kappa shape index (κ2) is 6.05. The maximum atomic E-state index is 11.8. The van der Waals surface area contributed by atoms with E-state index in [0.717, 1.165) is 17.5 Å². The lowest BCUT2D eigenvalue weighted by Crippen LogP contribution is -2.25. The fourth-order valence-corrected chi connectivity index (χ4v) is 1.96. The number of hydrogen-bond acceptors (Lipinski definition) is 2. The smallest absolute Gasteiger partial charge is 0.251 e. The molecule has 0 saturated heterocycles. The van der Waals surface area contributed by atoms with Crippen LogP contribution in [0.15, 0.2) is 48.5 Å². The number of nitrogens with one attached hydrogen (secondary N) is 1. The Bertz CT molecular complexity index is 564. The van der Waals surface area contributed by atoms with Crippen molar-refractivity contribution >= 4 is 5.91 Å². The number of hydrogen-bond donors (Lipinski definition) is 2. The highest BCUT2D eigenvalue weighted by molar-refractivity contribution is 5.94. The SMILES string of the molecule is Cc1cc(O)ccc1CCNC(=O)c1ccccc1. The van der Waals surface area contributed by atoms with Gasteiger partial charge in [0.05, 0.1) is 0 Å². The van der Waals surface area contributed by atoms with Crippen molar-refractivity contribution in [1.82, 2.24) is 5.32 Å². The molecule has 0 aliphatic carbocycles. The first-order valence-electron chi connectivity index (χ1n) is 6.28. The van der Waals surface area contributed by atoms with Crippen molar-refractivity contribution in [1.29, 1.82) is 0 Å². The molecule has 0 spiro atoms. The first kappa shape index (κ1) is 13.1. The van der Waals surface area contributed by atoms with Crippen molar-refractivity contribution in [3.8, 4) is 5.75 Å². The molecule has 0 aliphatic rings. The van der Waals surface area contributed by atoms with Gasteiger partial charge in [-0.1, -0.05) is 24.3 Å². The van der Waals surface area contributed by atoms with Gasteiger partial charge in [-0.25, -0.2) is 0 Å². The molecule has 2 rings (SSSR count). The Morgan fingerprint density at radius 1 is 1.16 bits per heavy atom. The van der Waals surface area contributed by atoms with E-state index in [1.165, 1.54) is 0 Å². The Balaban J connectivity index is 1.88. The molecular formula is C16H17NO2. The van der Waals surface area contributed by atoms with E-state index in [0.29, 0.717) is 12.1 Å². The topological polar surface area (TPSA) is 49.3 Å². The van der Waals surface area contributed by atoms with E-state index in [-0.39, 0.29) is 11.7 Å². The van der Waals surface area contributed by atoms with Gasteiger partial charge in [0.2, 0.25) is 0 Å². The molecular weight excluding hydrogens is 238 g/mol. The summed E-state index contributed by atoms with van der Waals surface area (Å²) in [5.41, 5.74) is 2.84. The van der Waals surface area contributed by atoms with Gasteiger partial charge in [0.1, 0.15) is 5.75 Å². The van der Waals surface area contributed by atoms with E-state index in [2.05, 4.69) is 5.32 Å². The summed E-state index contributed by atoms with van der Waals surface area (Å²) >= 11 is 0. The molecule has 0 heterocycles. The molecule has 98 valence electrons. The van der Waals surface area contributed by atoms with Gasteiger partial charge in [0, 0.05) is 12.1 Å². The number of rotatable bonds is 4. The van der Waals surface area contributed by atoms with E-state index in [1.807, 2.05) is 31.2 Å². The lowest BCUT2D eigenvalue weighted by molar-refractivity contribution is 0.0954. The van der Waals surface area contributed by atoms with Crippen molar-refractivity contribution in [3.63, 3.8) is 0 Å². The molecule has 3 heteroatoms. The second-order valence-electron chi connectivity index (χ2n) is 4.48. The van der Waals surface area contributed by atoms with Crippen LogP contribution in [0.3, 0.4) is 0 Å². The zero-order valence-electron chi connectivity index (χ0n) is 10.9. The Kier molecular flexibility index (Phi) is 4.18. The minimum absolute atomic E-state index is 0.0583. The predicted molar refractivity (Wildman–Crippen MR) is 75.3 cm³/mol. The third-order valence-corrected chi connectivity index (χ3v) is 3.04. The zero-order chi connectivity index (χ0) is 13.7. The molecule has 2 aromatic rings. The number of aromatic hydroxyl groups is 1. The van der Waals surface area contributed by atoms with Crippen LogP contribution < -0.4 is 5.32 Å². The van der Waals surface area contributed by atoms with Crippen molar-refractivity contribution in [2.24, 2.45) is 0 Å². The summed E-state index contributed by atoms with van der Waals surface area (Å²) in [7, 11) is 0. The first-order chi connectivity index (χ1) is 9.16. The molecule has 0 bridgehead atoms. The van der Waals surface area contributed by atoms with Gasteiger partial charge in [-0.3, -0.25) is 4.79 Å². The number of phenolic OH excluding ortho intramolecular Hbond substituents is 1. The second-order valence-corrected chi connectivity index (χ2v) is 4.48. The minimum Gasteiger partial charge on any atom is -0.508 e. The fraction of sp³-hybridized carbons (Fsp3) is 0.188. The van der Waals surface area contributed by atoms with Gasteiger partial charge in [0.25, 0.3) is 5.91 Å². The summed E-state index contributed by atoms with van der Waals surface area (Å²) in [6.45, 7) is 2.54.